The van der Waals surface area contributed by atoms with E-state index in [0.29, 0.717) is 0 Å². The van der Waals surface area contributed by atoms with E-state index in [4.69, 9.17) is 23.0 Å². The predicted molar refractivity (Wildman–Crippen MR) is 128 cm³/mol. The molecule has 0 aromatic carbocycles. The average Bonchev–Trinajstić information content (AvgIpc) is 2.46. The first-order valence-corrected chi connectivity index (χ1v) is 12.7. The molecule has 0 saturated heterocycles. The van der Waals surface area contributed by atoms with E-state index >= 15 is 0 Å². The van der Waals surface area contributed by atoms with Crippen molar-refractivity contribution in [2.45, 2.75) is 106 Å². The Balaban J connectivity index is 5.48. The van der Waals surface area contributed by atoms with Crippen LogP contribution in [0.4, 0.5) is 4.79 Å². The Morgan fingerprint density at radius 2 is 1.26 bits per heavy atom. The maximum absolute atomic E-state index is 13.1. The van der Waals surface area contributed by atoms with Gasteiger partial charge in [0.15, 0.2) is 0 Å². The summed E-state index contributed by atoms with van der Waals surface area (Å²) in [5.74, 6) is -0.694. The van der Waals surface area contributed by atoms with Gasteiger partial charge in [0.2, 0.25) is 6.79 Å². The summed E-state index contributed by atoms with van der Waals surface area (Å²) >= 11 is 0. The summed E-state index contributed by atoms with van der Waals surface area (Å²) in [5.41, 5.74) is -3.09. The number of rotatable bonds is 11. The monoisotopic (exact) mass is 509 g/mol. The number of esters is 1. The predicted octanol–water partition coefficient (Wildman–Crippen LogP) is 5.48. The number of hydrogen-bond acceptors (Lipinski definition) is 9. The van der Waals surface area contributed by atoms with Gasteiger partial charge in [-0.05, 0) is 74.7 Å². The Bertz CT molecular complexity index is 738. The zero-order valence-electron chi connectivity index (χ0n) is 22.9. The molecule has 0 aliphatic heterocycles. The van der Waals surface area contributed by atoms with Crippen molar-refractivity contribution in [2.75, 3.05) is 19.9 Å². The third-order valence-electron chi connectivity index (χ3n) is 3.51. The minimum absolute atomic E-state index is 0.0410. The van der Waals surface area contributed by atoms with Crippen molar-refractivity contribution in [1.82, 2.24) is 4.90 Å². The van der Waals surface area contributed by atoms with Crippen LogP contribution in [0.2, 0.25) is 0 Å². The Morgan fingerprint density at radius 3 is 1.65 bits per heavy atom. The summed E-state index contributed by atoms with van der Waals surface area (Å²) in [5, 5.41) is 0. The van der Waals surface area contributed by atoms with Gasteiger partial charge >= 0.3 is 19.9 Å². The van der Waals surface area contributed by atoms with Crippen molar-refractivity contribution < 1.29 is 42.0 Å². The number of Topliss-reactive ketones (excluding diaryl/α,β-unsaturated/α-hetero) is 1. The highest BCUT2D eigenvalue weighted by atomic mass is 31.2. The SMILES string of the molecule is CC(=O)CC(C)(C)CN(CC(=O)OC(C)(C)C)C(=O)OCOP(=O)(OC(C)(C)C)OC(C)(C)C. The van der Waals surface area contributed by atoms with Gasteiger partial charge in [0.25, 0.3) is 0 Å². The second-order valence-corrected chi connectivity index (χ2v) is 13.5. The maximum atomic E-state index is 13.1. The van der Waals surface area contributed by atoms with Crippen molar-refractivity contribution in [2.24, 2.45) is 5.41 Å². The molecule has 0 rings (SSSR count). The van der Waals surface area contributed by atoms with Crippen LogP contribution in [0.3, 0.4) is 0 Å². The molecular weight excluding hydrogens is 465 g/mol. The van der Waals surface area contributed by atoms with E-state index in [0.717, 1.165) is 4.90 Å². The maximum Gasteiger partial charge on any atom is 0.478 e. The third-order valence-corrected chi connectivity index (χ3v) is 5.47. The van der Waals surface area contributed by atoms with Crippen molar-refractivity contribution >= 4 is 25.7 Å². The van der Waals surface area contributed by atoms with Crippen molar-refractivity contribution in [3.05, 3.63) is 0 Å². The van der Waals surface area contributed by atoms with Crippen LogP contribution < -0.4 is 0 Å². The van der Waals surface area contributed by atoms with Crippen LogP contribution >= 0.6 is 7.82 Å². The van der Waals surface area contributed by atoms with E-state index in [9.17, 15) is 18.9 Å². The van der Waals surface area contributed by atoms with Crippen LogP contribution in [0.1, 0.15) is 89.5 Å². The Labute approximate surface area is 204 Å². The van der Waals surface area contributed by atoms with Crippen molar-refractivity contribution in [1.29, 1.82) is 0 Å². The molecular formula is C23H44NO9P. The summed E-state index contributed by atoms with van der Waals surface area (Å²) in [7, 11) is -4.10. The molecule has 0 aromatic heterocycles. The normalized spacial score (nSPS) is 13.4. The lowest BCUT2D eigenvalue weighted by atomic mass is 9.87. The van der Waals surface area contributed by atoms with Gasteiger partial charge in [0.1, 0.15) is 17.9 Å². The highest BCUT2D eigenvalue weighted by molar-refractivity contribution is 7.48. The fraction of sp³-hybridized carbons (Fsp3) is 0.870. The van der Waals surface area contributed by atoms with Gasteiger partial charge in [0.05, 0.1) is 11.2 Å². The second kappa shape index (κ2) is 12.0. The van der Waals surface area contributed by atoms with Crippen LogP contribution in [0.5, 0.6) is 0 Å². The number of phosphoric acid groups is 1. The minimum atomic E-state index is -4.10. The second-order valence-electron chi connectivity index (χ2n) is 12.0. The Hall–Kier alpha value is -1.48. The minimum Gasteiger partial charge on any atom is -0.459 e. The fourth-order valence-electron chi connectivity index (χ4n) is 2.94. The van der Waals surface area contributed by atoms with Crippen LogP contribution in [-0.4, -0.2) is 59.4 Å². The molecule has 0 atom stereocenters. The van der Waals surface area contributed by atoms with Gasteiger partial charge in [0, 0.05) is 13.0 Å². The van der Waals surface area contributed by atoms with E-state index in [1.165, 1.54) is 6.92 Å². The van der Waals surface area contributed by atoms with Gasteiger partial charge in [-0.15, -0.1) is 0 Å². The van der Waals surface area contributed by atoms with Crippen molar-refractivity contribution in [3.8, 4) is 0 Å². The zero-order chi connectivity index (χ0) is 27.2. The summed E-state index contributed by atoms with van der Waals surface area (Å²) < 4.78 is 39.8. The van der Waals surface area contributed by atoms with E-state index in [1.807, 2.05) is 0 Å². The molecule has 0 heterocycles. The third kappa shape index (κ3) is 16.2. The lowest BCUT2D eigenvalue weighted by Crippen LogP contribution is -2.44. The van der Waals surface area contributed by atoms with Gasteiger partial charge in [-0.1, -0.05) is 13.8 Å². The van der Waals surface area contributed by atoms with E-state index in [2.05, 4.69) is 0 Å². The Morgan fingerprint density at radius 1 is 0.794 bits per heavy atom. The Kier molecular flexibility index (Phi) is 11.5. The van der Waals surface area contributed by atoms with Gasteiger partial charge in [-0.25, -0.2) is 13.9 Å². The zero-order valence-corrected chi connectivity index (χ0v) is 23.8. The lowest BCUT2D eigenvalue weighted by Gasteiger charge is -2.32. The first-order chi connectivity index (χ1) is 14.9. The van der Waals surface area contributed by atoms with E-state index in [1.54, 1.807) is 76.2 Å². The van der Waals surface area contributed by atoms with Crippen LogP contribution in [-0.2, 0) is 37.2 Å². The summed E-state index contributed by atoms with van der Waals surface area (Å²) in [6.45, 7) is 19.2. The first-order valence-electron chi connectivity index (χ1n) is 11.2. The number of ether oxygens (including phenoxy) is 2. The highest BCUT2D eigenvalue weighted by Gasteiger charge is 2.38. The first kappa shape index (κ1) is 32.5. The lowest BCUT2D eigenvalue weighted by molar-refractivity contribution is -0.156. The quantitative estimate of drug-likeness (QED) is 0.202. The number of carbonyl (C=O) groups is 3. The molecule has 0 fully saturated rings. The number of carbonyl (C=O) groups excluding carboxylic acids is 3. The van der Waals surface area contributed by atoms with Crippen LogP contribution in [0.15, 0.2) is 0 Å². The molecule has 0 aromatic rings. The molecule has 11 heteroatoms. The molecule has 0 saturated carbocycles. The molecule has 0 unspecified atom stereocenters. The molecule has 0 aliphatic rings. The van der Waals surface area contributed by atoms with E-state index in [-0.39, 0.29) is 18.7 Å². The van der Waals surface area contributed by atoms with Crippen LogP contribution in [0.25, 0.3) is 0 Å². The molecule has 0 radical (unpaired) electrons. The number of amides is 1. The van der Waals surface area contributed by atoms with Crippen LogP contribution in [0, 0.1) is 5.41 Å². The smallest absolute Gasteiger partial charge is 0.459 e. The number of nitrogens with zero attached hydrogens (tertiary/aromatic N) is 1. The molecule has 0 N–H and O–H groups in total. The average molecular weight is 510 g/mol. The molecule has 200 valence electrons. The molecule has 0 bridgehead atoms. The number of ketones is 1. The number of phosphoric ester groups is 1. The molecule has 34 heavy (non-hydrogen) atoms. The van der Waals surface area contributed by atoms with Gasteiger partial charge < -0.3 is 14.3 Å². The summed E-state index contributed by atoms with van der Waals surface area (Å²) in [6, 6.07) is 0. The van der Waals surface area contributed by atoms with E-state index < -0.39 is 55.4 Å². The molecule has 10 nitrogen and oxygen atoms in total. The van der Waals surface area contributed by atoms with Gasteiger partial charge in [-0.2, -0.15) is 0 Å². The largest absolute Gasteiger partial charge is 0.478 e. The molecule has 0 spiro atoms. The molecule has 0 aliphatic carbocycles. The summed E-state index contributed by atoms with van der Waals surface area (Å²) in [6.07, 6.45) is -0.712. The number of hydrogen-bond donors (Lipinski definition) is 0. The topological polar surface area (TPSA) is 118 Å². The van der Waals surface area contributed by atoms with Crippen molar-refractivity contribution in [3.63, 3.8) is 0 Å². The standard InChI is InChI=1S/C23H44NO9P/c1-17(25)13-23(11,12)15-24(14-18(26)31-20(2,3)4)19(27)29-16-30-34(28,32-21(5,6)7)33-22(8,9)10/h13-16H2,1-12H3. The van der Waals surface area contributed by atoms with Gasteiger partial charge in [-0.3, -0.25) is 18.7 Å². The summed E-state index contributed by atoms with van der Waals surface area (Å²) in [4.78, 5) is 37.9. The fourth-order valence-corrected chi connectivity index (χ4v) is 4.60. The highest BCUT2D eigenvalue weighted by Crippen LogP contribution is 2.55. The molecule has 1 amide bonds.